The molecule has 6 nitrogen and oxygen atoms in total. The summed E-state index contributed by atoms with van der Waals surface area (Å²) in [6.07, 6.45) is 0. The van der Waals surface area contributed by atoms with Crippen molar-refractivity contribution in [3.63, 3.8) is 0 Å². The van der Waals surface area contributed by atoms with Gasteiger partial charge in [-0.2, -0.15) is 0 Å². The fraction of sp³-hybridized carbons (Fsp3) is 0.250. The first-order chi connectivity index (χ1) is 10.8. The van der Waals surface area contributed by atoms with E-state index in [9.17, 15) is 5.11 Å². The zero-order valence-electron chi connectivity index (χ0n) is 12.1. The molecule has 22 heavy (non-hydrogen) atoms. The number of rotatable bonds is 6. The van der Waals surface area contributed by atoms with Crippen LogP contribution in [0.5, 0.6) is 0 Å². The number of nitrogens with zero attached hydrogens (tertiary/aromatic N) is 3. The van der Waals surface area contributed by atoms with Crippen LogP contribution in [0.2, 0.25) is 0 Å². The highest BCUT2D eigenvalue weighted by Crippen LogP contribution is 2.14. The Bertz CT molecular complexity index is 742. The van der Waals surface area contributed by atoms with Crippen molar-refractivity contribution in [2.75, 3.05) is 6.61 Å². The van der Waals surface area contributed by atoms with Gasteiger partial charge in [0.05, 0.1) is 31.6 Å². The van der Waals surface area contributed by atoms with E-state index >= 15 is 0 Å². The van der Waals surface area contributed by atoms with E-state index in [1.165, 1.54) is 0 Å². The molecule has 1 atom stereocenters. The van der Waals surface area contributed by atoms with Gasteiger partial charge in [0.2, 0.25) is 0 Å². The number of aliphatic hydroxyl groups excluding tert-OH is 1. The molecule has 0 saturated heterocycles. The summed E-state index contributed by atoms with van der Waals surface area (Å²) in [6.45, 7) is 0.730. The molecule has 0 saturated carbocycles. The van der Waals surface area contributed by atoms with Gasteiger partial charge in [-0.25, -0.2) is 0 Å². The summed E-state index contributed by atoms with van der Waals surface area (Å²) >= 11 is 0. The summed E-state index contributed by atoms with van der Waals surface area (Å²) in [5.41, 5.74) is 8.63. The maximum atomic E-state index is 9.44. The summed E-state index contributed by atoms with van der Waals surface area (Å²) in [4.78, 5) is 0. The number of pyridine rings is 1. The molecule has 3 rings (SSSR count). The molecule has 2 heterocycles. The Labute approximate surface area is 128 Å². The predicted octanol–water partition coefficient (Wildman–Crippen LogP) is 1.44. The van der Waals surface area contributed by atoms with E-state index in [2.05, 4.69) is 10.2 Å². The standard InChI is InChI=1S/C16H18N4O2/c17-14(11-22-10-12-5-2-1-3-6-12)16-19-18-15-8-4-7-13(9-21)20(15)16/h1-8,14,21H,9-11,17H2. The summed E-state index contributed by atoms with van der Waals surface area (Å²) in [6, 6.07) is 15.0. The largest absolute Gasteiger partial charge is 0.390 e. The van der Waals surface area contributed by atoms with Crippen LogP contribution in [-0.2, 0) is 18.0 Å². The molecule has 3 N–H and O–H groups in total. The van der Waals surface area contributed by atoms with E-state index in [-0.39, 0.29) is 6.61 Å². The molecule has 2 aromatic heterocycles. The number of aliphatic hydroxyl groups is 1. The zero-order valence-corrected chi connectivity index (χ0v) is 12.1. The Kier molecular flexibility index (Phi) is 4.43. The van der Waals surface area contributed by atoms with E-state index in [1.54, 1.807) is 4.40 Å². The molecule has 0 radical (unpaired) electrons. The second kappa shape index (κ2) is 6.65. The first-order valence-corrected chi connectivity index (χ1v) is 7.10. The van der Waals surface area contributed by atoms with Gasteiger partial charge < -0.3 is 15.6 Å². The SMILES string of the molecule is NC(COCc1ccccc1)c1nnc2cccc(CO)n12. The average Bonchev–Trinajstić information content (AvgIpc) is 3.00. The lowest BCUT2D eigenvalue weighted by atomic mass is 10.2. The van der Waals surface area contributed by atoms with Gasteiger partial charge in [0.15, 0.2) is 11.5 Å². The lowest BCUT2D eigenvalue weighted by molar-refractivity contribution is 0.106. The molecule has 0 aliphatic carbocycles. The van der Waals surface area contributed by atoms with Crippen molar-refractivity contribution < 1.29 is 9.84 Å². The molecule has 0 aliphatic rings. The van der Waals surface area contributed by atoms with Crippen molar-refractivity contribution in [2.24, 2.45) is 5.73 Å². The Morgan fingerprint density at radius 1 is 1.09 bits per heavy atom. The zero-order chi connectivity index (χ0) is 15.4. The number of fused-ring (bicyclic) bond motifs is 1. The third-order valence-electron chi connectivity index (χ3n) is 3.44. The van der Waals surface area contributed by atoms with Gasteiger partial charge in [0.1, 0.15) is 0 Å². The van der Waals surface area contributed by atoms with Crippen LogP contribution >= 0.6 is 0 Å². The summed E-state index contributed by atoms with van der Waals surface area (Å²) in [5, 5.41) is 17.6. The van der Waals surface area contributed by atoms with Gasteiger partial charge in [-0.05, 0) is 17.7 Å². The number of aromatic nitrogens is 3. The second-order valence-corrected chi connectivity index (χ2v) is 5.03. The predicted molar refractivity (Wildman–Crippen MR) is 81.9 cm³/mol. The number of ether oxygens (including phenoxy) is 1. The van der Waals surface area contributed by atoms with Gasteiger partial charge in [-0.15, -0.1) is 10.2 Å². The van der Waals surface area contributed by atoms with Crippen LogP contribution in [0.25, 0.3) is 5.65 Å². The Balaban J connectivity index is 1.71. The highest BCUT2D eigenvalue weighted by atomic mass is 16.5. The minimum absolute atomic E-state index is 0.0972. The second-order valence-electron chi connectivity index (χ2n) is 5.03. The van der Waals surface area contributed by atoms with E-state index in [0.29, 0.717) is 30.4 Å². The van der Waals surface area contributed by atoms with Gasteiger partial charge in [-0.1, -0.05) is 36.4 Å². The fourth-order valence-corrected chi connectivity index (χ4v) is 2.35. The maximum absolute atomic E-state index is 9.44. The summed E-state index contributed by atoms with van der Waals surface area (Å²) < 4.78 is 7.43. The Morgan fingerprint density at radius 3 is 2.68 bits per heavy atom. The minimum Gasteiger partial charge on any atom is -0.390 e. The maximum Gasteiger partial charge on any atom is 0.161 e. The number of benzene rings is 1. The molecule has 1 aromatic carbocycles. The highest BCUT2D eigenvalue weighted by molar-refractivity contribution is 5.40. The summed E-state index contributed by atoms with van der Waals surface area (Å²) in [7, 11) is 0. The normalized spacial score (nSPS) is 12.6. The van der Waals surface area contributed by atoms with E-state index in [4.69, 9.17) is 10.5 Å². The molecular weight excluding hydrogens is 280 g/mol. The average molecular weight is 298 g/mol. The smallest absolute Gasteiger partial charge is 0.161 e. The first-order valence-electron chi connectivity index (χ1n) is 7.10. The third kappa shape index (κ3) is 2.99. The lowest BCUT2D eigenvalue weighted by Gasteiger charge is -2.12. The quantitative estimate of drug-likeness (QED) is 0.719. The van der Waals surface area contributed by atoms with Crippen LogP contribution in [0.4, 0.5) is 0 Å². The van der Waals surface area contributed by atoms with Crippen molar-refractivity contribution in [1.29, 1.82) is 0 Å². The molecule has 114 valence electrons. The molecular formula is C16H18N4O2. The molecule has 0 aliphatic heterocycles. The fourth-order valence-electron chi connectivity index (χ4n) is 2.35. The first kappa shape index (κ1) is 14.6. The van der Waals surface area contributed by atoms with E-state index < -0.39 is 6.04 Å². The van der Waals surface area contributed by atoms with Gasteiger partial charge in [0.25, 0.3) is 0 Å². The van der Waals surface area contributed by atoms with Crippen LogP contribution in [-0.4, -0.2) is 26.3 Å². The molecule has 0 fully saturated rings. The van der Waals surface area contributed by atoms with E-state index in [0.717, 1.165) is 5.56 Å². The third-order valence-corrected chi connectivity index (χ3v) is 3.44. The van der Waals surface area contributed by atoms with Crippen molar-refractivity contribution in [3.8, 4) is 0 Å². The molecule has 0 amide bonds. The topological polar surface area (TPSA) is 85.7 Å². The van der Waals surface area contributed by atoms with Crippen LogP contribution in [0.3, 0.4) is 0 Å². The number of hydrogen-bond donors (Lipinski definition) is 2. The number of nitrogens with two attached hydrogens (primary N) is 1. The monoisotopic (exact) mass is 298 g/mol. The van der Waals surface area contributed by atoms with Crippen LogP contribution < -0.4 is 5.73 Å². The van der Waals surface area contributed by atoms with Crippen LogP contribution in [0.15, 0.2) is 48.5 Å². The van der Waals surface area contributed by atoms with Crippen LogP contribution in [0.1, 0.15) is 23.1 Å². The van der Waals surface area contributed by atoms with Crippen molar-refractivity contribution >= 4 is 5.65 Å². The van der Waals surface area contributed by atoms with Crippen molar-refractivity contribution in [2.45, 2.75) is 19.3 Å². The highest BCUT2D eigenvalue weighted by Gasteiger charge is 2.16. The minimum atomic E-state index is -0.411. The molecule has 0 spiro atoms. The Hall–Kier alpha value is -2.28. The Morgan fingerprint density at radius 2 is 1.91 bits per heavy atom. The molecule has 3 aromatic rings. The molecule has 0 bridgehead atoms. The number of hydrogen-bond acceptors (Lipinski definition) is 5. The van der Waals surface area contributed by atoms with Gasteiger partial charge in [0, 0.05) is 0 Å². The van der Waals surface area contributed by atoms with Crippen molar-refractivity contribution in [1.82, 2.24) is 14.6 Å². The van der Waals surface area contributed by atoms with Crippen LogP contribution in [0, 0.1) is 0 Å². The van der Waals surface area contributed by atoms with Crippen molar-refractivity contribution in [3.05, 3.63) is 65.6 Å². The molecule has 6 heteroatoms. The van der Waals surface area contributed by atoms with E-state index in [1.807, 2.05) is 48.5 Å². The summed E-state index contributed by atoms with van der Waals surface area (Å²) in [5.74, 6) is 0.590. The lowest BCUT2D eigenvalue weighted by Crippen LogP contribution is -2.21. The van der Waals surface area contributed by atoms with Gasteiger partial charge in [-0.3, -0.25) is 4.40 Å². The molecule has 1 unspecified atom stereocenters. The van der Waals surface area contributed by atoms with Gasteiger partial charge >= 0.3 is 0 Å².